The van der Waals surface area contributed by atoms with E-state index in [0.29, 0.717) is 12.4 Å². The highest BCUT2D eigenvalue weighted by Crippen LogP contribution is 1.97. The first kappa shape index (κ1) is 10.1. The third kappa shape index (κ3) is 3.10. The van der Waals surface area contributed by atoms with Crippen molar-refractivity contribution in [2.45, 2.75) is 13.0 Å². The van der Waals surface area contributed by atoms with Crippen LogP contribution in [0.5, 0.6) is 0 Å². The lowest BCUT2D eigenvalue weighted by molar-refractivity contribution is 0.575. The number of aromatic nitrogens is 2. The standard InChI is InChI=1S/C8H13N3OS/c1-13-6-2-5-11-8(12)4-3-7(9)10-11/h3-4H,2,5-6H2,1H3,(H2,9,10). The summed E-state index contributed by atoms with van der Waals surface area (Å²) in [5.74, 6) is 1.42. The van der Waals surface area contributed by atoms with E-state index in [2.05, 4.69) is 5.10 Å². The fraction of sp³-hybridized carbons (Fsp3) is 0.500. The van der Waals surface area contributed by atoms with E-state index in [1.54, 1.807) is 11.8 Å². The van der Waals surface area contributed by atoms with Crippen molar-refractivity contribution in [2.75, 3.05) is 17.7 Å². The van der Waals surface area contributed by atoms with Crippen LogP contribution in [0.15, 0.2) is 16.9 Å². The van der Waals surface area contributed by atoms with Crippen molar-refractivity contribution in [1.29, 1.82) is 0 Å². The molecule has 0 saturated carbocycles. The molecule has 0 bridgehead atoms. The highest BCUT2D eigenvalue weighted by atomic mass is 32.2. The van der Waals surface area contributed by atoms with E-state index in [0.717, 1.165) is 12.2 Å². The van der Waals surface area contributed by atoms with E-state index < -0.39 is 0 Å². The number of nitrogens with zero attached hydrogens (tertiary/aromatic N) is 2. The fourth-order valence-electron chi connectivity index (χ4n) is 0.984. The lowest BCUT2D eigenvalue weighted by Crippen LogP contribution is -2.23. The summed E-state index contributed by atoms with van der Waals surface area (Å²) < 4.78 is 1.41. The van der Waals surface area contributed by atoms with Crippen molar-refractivity contribution in [3.63, 3.8) is 0 Å². The monoisotopic (exact) mass is 199 g/mol. The van der Waals surface area contributed by atoms with Gasteiger partial charge in [0.2, 0.25) is 0 Å². The molecule has 1 heterocycles. The zero-order valence-corrected chi connectivity index (χ0v) is 8.38. The Kier molecular flexibility index (Phi) is 3.82. The molecule has 0 unspecified atom stereocenters. The number of aryl methyl sites for hydroxylation is 1. The second kappa shape index (κ2) is 4.91. The zero-order chi connectivity index (χ0) is 9.68. The highest BCUT2D eigenvalue weighted by molar-refractivity contribution is 7.98. The second-order valence-electron chi connectivity index (χ2n) is 2.67. The van der Waals surface area contributed by atoms with Gasteiger partial charge in [0.05, 0.1) is 0 Å². The van der Waals surface area contributed by atoms with Gasteiger partial charge in [0.1, 0.15) is 5.82 Å². The molecule has 0 saturated heterocycles. The van der Waals surface area contributed by atoms with Crippen molar-refractivity contribution in [3.8, 4) is 0 Å². The summed E-state index contributed by atoms with van der Waals surface area (Å²) in [5, 5.41) is 3.92. The van der Waals surface area contributed by atoms with Crippen LogP contribution >= 0.6 is 11.8 Å². The van der Waals surface area contributed by atoms with Crippen LogP contribution in [0.1, 0.15) is 6.42 Å². The van der Waals surface area contributed by atoms with Gasteiger partial charge in [0.25, 0.3) is 5.56 Å². The molecule has 0 amide bonds. The van der Waals surface area contributed by atoms with E-state index in [1.807, 2.05) is 6.26 Å². The average Bonchev–Trinajstić information content (AvgIpc) is 2.11. The fourth-order valence-corrected chi connectivity index (χ4v) is 1.40. The third-order valence-corrected chi connectivity index (χ3v) is 2.30. The van der Waals surface area contributed by atoms with E-state index in [9.17, 15) is 4.79 Å². The number of hydrogen-bond acceptors (Lipinski definition) is 4. The first-order valence-corrected chi connectivity index (χ1v) is 5.46. The minimum Gasteiger partial charge on any atom is -0.382 e. The summed E-state index contributed by atoms with van der Waals surface area (Å²) in [6, 6.07) is 2.97. The Bertz CT molecular complexity index is 323. The van der Waals surface area contributed by atoms with Gasteiger partial charge in [-0.25, -0.2) is 4.68 Å². The van der Waals surface area contributed by atoms with Gasteiger partial charge in [-0.1, -0.05) is 0 Å². The van der Waals surface area contributed by atoms with Crippen LogP contribution in [-0.2, 0) is 6.54 Å². The molecule has 0 spiro atoms. The average molecular weight is 199 g/mol. The Morgan fingerprint density at radius 3 is 3.08 bits per heavy atom. The molecule has 1 rings (SSSR count). The molecule has 13 heavy (non-hydrogen) atoms. The van der Waals surface area contributed by atoms with E-state index in [1.165, 1.54) is 16.8 Å². The summed E-state index contributed by atoms with van der Waals surface area (Å²) in [6.07, 6.45) is 2.98. The molecule has 5 heteroatoms. The Morgan fingerprint density at radius 2 is 2.38 bits per heavy atom. The Labute approximate surface area is 81.1 Å². The Hall–Kier alpha value is -0.970. The van der Waals surface area contributed by atoms with Crippen LogP contribution < -0.4 is 11.3 Å². The van der Waals surface area contributed by atoms with Gasteiger partial charge >= 0.3 is 0 Å². The van der Waals surface area contributed by atoms with Crippen molar-refractivity contribution < 1.29 is 0 Å². The molecule has 0 atom stereocenters. The smallest absolute Gasteiger partial charge is 0.266 e. The number of hydrogen-bond donors (Lipinski definition) is 1. The maximum Gasteiger partial charge on any atom is 0.266 e. The molecule has 0 aromatic carbocycles. The Morgan fingerprint density at radius 1 is 1.62 bits per heavy atom. The number of anilines is 1. The highest BCUT2D eigenvalue weighted by Gasteiger charge is 1.96. The van der Waals surface area contributed by atoms with Crippen LogP contribution in [0, 0.1) is 0 Å². The molecular weight excluding hydrogens is 186 g/mol. The quantitative estimate of drug-likeness (QED) is 0.720. The van der Waals surface area contributed by atoms with Crippen molar-refractivity contribution in [1.82, 2.24) is 9.78 Å². The maximum atomic E-state index is 11.2. The first-order valence-electron chi connectivity index (χ1n) is 4.06. The van der Waals surface area contributed by atoms with Crippen molar-refractivity contribution in [3.05, 3.63) is 22.5 Å². The predicted molar refractivity (Wildman–Crippen MR) is 55.9 cm³/mol. The molecule has 0 aliphatic heterocycles. The molecule has 4 nitrogen and oxygen atoms in total. The molecular formula is C8H13N3OS. The van der Waals surface area contributed by atoms with E-state index in [-0.39, 0.29) is 5.56 Å². The van der Waals surface area contributed by atoms with E-state index >= 15 is 0 Å². The minimum absolute atomic E-state index is 0.0877. The van der Waals surface area contributed by atoms with Crippen molar-refractivity contribution >= 4 is 17.6 Å². The summed E-state index contributed by atoms with van der Waals surface area (Å²) >= 11 is 1.76. The Balaban J connectivity index is 2.65. The van der Waals surface area contributed by atoms with Gasteiger partial charge in [-0.2, -0.15) is 16.9 Å². The lowest BCUT2D eigenvalue weighted by Gasteiger charge is -2.03. The number of rotatable bonds is 4. The molecule has 2 N–H and O–H groups in total. The molecule has 0 aliphatic rings. The number of nitrogen functional groups attached to an aromatic ring is 1. The summed E-state index contributed by atoms with van der Waals surface area (Å²) in [6.45, 7) is 0.644. The van der Waals surface area contributed by atoms with Crippen LogP contribution in [0.3, 0.4) is 0 Å². The maximum absolute atomic E-state index is 11.2. The minimum atomic E-state index is -0.0877. The van der Waals surface area contributed by atoms with Gasteiger partial charge in [-0.3, -0.25) is 4.79 Å². The first-order chi connectivity index (χ1) is 6.24. The SMILES string of the molecule is CSCCCn1nc(N)ccc1=O. The number of thioether (sulfide) groups is 1. The molecule has 1 aromatic rings. The summed E-state index contributed by atoms with van der Waals surface area (Å²) in [5.41, 5.74) is 5.37. The van der Waals surface area contributed by atoms with Crippen molar-refractivity contribution in [2.24, 2.45) is 0 Å². The van der Waals surface area contributed by atoms with Gasteiger partial charge in [0.15, 0.2) is 0 Å². The van der Waals surface area contributed by atoms with Gasteiger partial charge in [-0.05, 0) is 24.5 Å². The predicted octanol–water partition coefficient (Wildman–Crippen LogP) is 0.579. The van der Waals surface area contributed by atoms with Crippen LogP contribution in [0.2, 0.25) is 0 Å². The van der Waals surface area contributed by atoms with Gasteiger partial charge < -0.3 is 5.73 Å². The summed E-state index contributed by atoms with van der Waals surface area (Å²) in [7, 11) is 0. The van der Waals surface area contributed by atoms with Gasteiger partial charge in [0, 0.05) is 12.6 Å². The largest absolute Gasteiger partial charge is 0.382 e. The third-order valence-electron chi connectivity index (χ3n) is 1.61. The second-order valence-corrected chi connectivity index (χ2v) is 3.65. The van der Waals surface area contributed by atoms with Gasteiger partial charge in [-0.15, -0.1) is 0 Å². The molecule has 1 aromatic heterocycles. The molecule has 0 radical (unpaired) electrons. The lowest BCUT2D eigenvalue weighted by atomic mass is 10.4. The van der Waals surface area contributed by atoms with Crippen LogP contribution in [0.4, 0.5) is 5.82 Å². The summed E-state index contributed by atoms with van der Waals surface area (Å²) in [4.78, 5) is 11.2. The van der Waals surface area contributed by atoms with E-state index in [4.69, 9.17) is 5.73 Å². The molecule has 0 fully saturated rings. The number of nitrogens with two attached hydrogens (primary N) is 1. The normalized spacial score (nSPS) is 10.2. The molecule has 0 aliphatic carbocycles. The van der Waals surface area contributed by atoms with Crippen LogP contribution in [-0.4, -0.2) is 21.8 Å². The topological polar surface area (TPSA) is 60.9 Å². The van der Waals surface area contributed by atoms with Crippen LogP contribution in [0.25, 0.3) is 0 Å². The zero-order valence-electron chi connectivity index (χ0n) is 7.56. The molecule has 72 valence electrons.